The van der Waals surface area contributed by atoms with Gasteiger partial charge < -0.3 is 30.6 Å². The summed E-state index contributed by atoms with van der Waals surface area (Å²) in [5.74, 6) is -0.112. The van der Waals surface area contributed by atoms with Crippen LogP contribution in [-0.2, 0) is 14.3 Å². The highest BCUT2D eigenvalue weighted by molar-refractivity contribution is 5.84. The molecule has 6 aliphatic rings. The molecule has 5 unspecified atom stereocenters. The number of carbonyl (C=O) groups is 3. The third-order valence-electron chi connectivity index (χ3n) is 10.7. The van der Waals surface area contributed by atoms with Crippen LogP contribution < -0.4 is 20.9 Å². The largest absolute Gasteiger partial charge is 0.497 e. The molecule has 5 atom stereocenters. The van der Waals surface area contributed by atoms with Crippen LogP contribution in [0, 0.1) is 29.1 Å². The first-order valence-electron chi connectivity index (χ1n) is 15.0. The summed E-state index contributed by atoms with van der Waals surface area (Å²) < 4.78 is 17.7. The number of hydrogen-bond donors (Lipinski definition) is 2. The van der Waals surface area contributed by atoms with Crippen molar-refractivity contribution in [2.24, 2.45) is 40.6 Å². The molecule has 4 aliphatic carbocycles. The molecule has 11 nitrogen and oxygen atoms in total. The van der Waals surface area contributed by atoms with E-state index in [1.54, 1.807) is 13.3 Å². The summed E-state index contributed by atoms with van der Waals surface area (Å²) in [4.78, 5) is 49.5. The highest BCUT2D eigenvalue weighted by Gasteiger charge is 2.66. The molecule has 2 aliphatic heterocycles. The first kappa shape index (κ1) is 27.0. The van der Waals surface area contributed by atoms with Crippen molar-refractivity contribution in [3.05, 3.63) is 36.5 Å². The van der Waals surface area contributed by atoms with Crippen molar-refractivity contribution in [3.8, 4) is 23.0 Å². The molecule has 2 saturated heterocycles. The third kappa shape index (κ3) is 4.35. The summed E-state index contributed by atoms with van der Waals surface area (Å²) in [5, 5.41) is 0. The van der Waals surface area contributed by atoms with Crippen LogP contribution in [-0.4, -0.2) is 64.2 Å². The minimum atomic E-state index is -0.926. The number of aromatic nitrogens is 2. The van der Waals surface area contributed by atoms with Crippen molar-refractivity contribution in [3.63, 3.8) is 0 Å². The number of fused-ring (bicyclic) bond motifs is 2. The fourth-order valence-corrected chi connectivity index (χ4v) is 9.10. The maximum atomic E-state index is 13.7. The van der Waals surface area contributed by atoms with Crippen LogP contribution in [0.1, 0.15) is 51.4 Å². The lowest BCUT2D eigenvalue weighted by molar-refractivity contribution is -0.191. The minimum absolute atomic E-state index is 0.0169. The highest BCUT2D eigenvalue weighted by Crippen LogP contribution is 2.63. The monoisotopic (exact) mass is 575 g/mol. The molecule has 1 aromatic heterocycles. The van der Waals surface area contributed by atoms with E-state index in [1.807, 2.05) is 35.2 Å². The maximum absolute atomic E-state index is 13.7. The molecule has 4 saturated carbocycles. The Labute approximate surface area is 244 Å². The smallest absolute Gasteiger partial charge is 0.410 e. The van der Waals surface area contributed by atoms with Crippen molar-refractivity contribution in [1.29, 1.82) is 0 Å². The zero-order valence-corrected chi connectivity index (χ0v) is 23.7. The van der Waals surface area contributed by atoms with E-state index in [-0.39, 0.29) is 53.9 Å². The summed E-state index contributed by atoms with van der Waals surface area (Å²) >= 11 is 0. The lowest BCUT2D eigenvalue weighted by Crippen LogP contribution is -2.66. The summed E-state index contributed by atoms with van der Waals surface area (Å²) in [6, 6.07) is 9.77. The molecule has 3 heterocycles. The predicted octanol–water partition coefficient (Wildman–Crippen LogP) is 3.05. The average Bonchev–Trinajstić information content (AvgIpc) is 3.24. The van der Waals surface area contributed by atoms with Crippen molar-refractivity contribution < 1.29 is 28.6 Å². The second-order valence-corrected chi connectivity index (χ2v) is 12.9. The molecule has 42 heavy (non-hydrogen) atoms. The van der Waals surface area contributed by atoms with Crippen LogP contribution in [0.2, 0.25) is 0 Å². The van der Waals surface area contributed by atoms with Gasteiger partial charge in [0.05, 0.1) is 18.2 Å². The molecule has 2 aromatic rings. The summed E-state index contributed by atoms with van der Waals surface area (Å²) in [6.07, 6.45) is 6.05. The molecule has 1 aromatic carbocycles. The van der Waals surface area contributed by atoms with Crippen LogP contribution in [0.25, 0.3) is 11.3 Å². The fourth-order valence-electron chi connectivity index (χ4n) is 9.10. The quantitative estimate of drug-likeness (QED) is 0.509. The van der Waals surface area contributed by atoms with Gasteiger partial charge in [0.25, 0.3) is 0 Å². The number of amides is 3. The molecular weight excluding hydrogens is 538 g/mol. The van der Waals surface area contributed by atoms with Gasteiger partial charge in [-0.2, -0.15) is 4.98 Å². The van der Waals surface area contributed by atoms with Gasteiger partial charge in [-0.25, -0.2) is 9.78 Å². The Morgan fingerprint density at radius 1 is 0.929 bits per heavy atom. The van der Waals surface area contributed by atoms with E-state index in [1.165, 1.54) is 0 Å². The number of piperidine rings is 1. The number of nitrogens with zero attached hydrogens (tertiary/aromatic N) is 3. The number of benzene rings is 1. The lowest BCUT2D eigenvalue weighted by Gasteiger charge is -2.61. The van der Waals surface area contributed by atoms with Gasteiger partial charge in [0, 0.05) is 42.6 Å². The zero-order chi connectivity index (χ0) is 29.2. The van der Waals surface area contributed by atoms with E-state index >= 15 is 0 Å². The van der Waals surface area contributed by atoms with Crippen LogP contribution in [0.5, 0.6) is 11.8 Å². The predicted molar refractivity (Wildman–Crippen MR) is 150 cm³/mol. The van der Waals surface area contributed by atoms with Crippen molar-refractivity contribution >= 4 is 17.9 Å². The zero-order valence-electron chi connectivity index (χ0n) is 23.7. The number of ether oxygens (including phenoxy) is 3. The molecular formula is C31H37N5O6. The highest BCUT2D eigenvalue weighted by atomic mass is 16.6. The Kier molecular flexibility index (Phi) is 6.51. The number of carbonyl (C=O) groups excluding carboxylic acids is 3. The molecule has 4 N–H and O–H groups in total. The standard InChI is InChI=1S/C31H37N5O6/c1-40-22-6-2-16(3-7-22)24-8-9-34-29(35-24)41-23-12-20-4-5-21(13-23)36(20)30(39)42-26-17-10-18-14-31(26,28(33)38)15-19(11-17)25(18)27(32)37/h2-3,6-9,17-21,23,25-26H,4-5,10-15H2,1H3,(H2,32,37)(H2,33,38). The number of nitrogens with two attached hydrogens (primary N) is 2. The van der Waals surface area contributed by atoms with Gasteiger partial charge in [-0.1, -0.05) is 0 Å². The number of methoxy groups -OCH3 is 1. The SMILES string of the molecule is COc1ccc(-c2ccnc(OC3CC4CCC(C3)N4C(=O)OC3C4CC5CC3(C(N)=O)CC(C4)C5C(N)=O)n2)cc1. The normalized spacial score (nSPS) is 36.0. The molecule has 6 fully saturated rings. The summed E-state index contributed by atoms with van der Waals surface area (Å²) in [6.45, 7) is 0. The number of hydrogen-bond acceptors (Lipinski definition) is 8. The van der Waals surface area contributed by atoms with Gasteiger partial charge in [0.2, 0.25) is 11.8 Å². The average molecular weight is 576 g/mol. The van der Waals surface area contributed by atoms with Gasteiger partial charge in [-0.15, -0.1) is 0 Å². The van der Waals surface area contributed by atoms with Gasteiger partial charge >= 0.3 is 12.1 Å². The Morgan fingerprint density at radius 3 is 2.19 bits per heavy atom. The number of rotatable bonds is 7. The van der Waals surface area contributed by atoms with E-state index in [4.69, 9.17) is 25.7 Å². The second kappa shape index (κ2) is 10.1. The van der Waals surface area contributed by atoms with E-state index in [2.05, 4.69) is 9.97 Å². The maximum Gasteiger partial charge on any atom is 0.410 e. The molecule has 3 amide bonds. The second-order valence-electron chi connectivity index (χ2n) is 12.9. The topological polar surface area (TPSA) is 160 Å². The Morgan fingerprint density at radius 2 is 1.60 bits per heavy atom. The first-order valence-corrected chi connectivity index (χ1v) is 15.0. The molecule has 8 rings (SSSR count). The van der Waals surface area contributed by atoms with Crippen molar-refractivity contribution in [2.75, 3.05) is 7.11 Å². The van der Waals surface area contributed by atoms with Crippen LogP contribution in [0.15, 0.2) is 36.5 Å². The van der Waals surface area contributed by atoms with E-state index in [0.717, 1.165) is 42.7 Å². The molecule has 0 radical (unpaired) electrons. The first-order chi connectivity index (χ1) is 20.3. The Hall–Kier alpha value is -3.89. The Balaban J connectivity index is 1.02. The summed E-state index contributed by atoms with van der Waals surface area (Å²) in [5.41, 5.74) is 12.5. The molecule has 6 bridgehead atoms. The van der Waals surface area contributed by atoms with Crippen molar-refractivity contribution in [2.45, 2.75) is 75.7 Å². The van der Waals surface area contributed by atoms with Crippen LogP contribution in [0.3, 0.4) is 0 Å². The lowest BCUT2D eigenvalue weighted by atomic mass is 9.44. The number of primary amides is 2. The van der Waals surface area contributed by atoms with Crippen LogP contribution >= 0.6 is 0 Å². The summed E-state index contributed by atoms with van der Waals surface area (Å²) in [7, 11) is 1.63. The molecule has 11 heteroatoms. The van der Waals surface area contributed by atoms with Gasteiger partial charge in [0.15, 0.2) is 0 Å². The van der Waals surface area contributed by atoms with E-state index < -0.39 is 17.4 Å². The van der Waals surface area contributed by atoms with E-state index in [9.17, 15) is 14.4 Å². The Bertz CT molecular complexity index is 1370. The van der Waals surface area contributed by atoms with Gasteiger partial charge in [-0.3, -0.25) is 9.59 Å². The minimum Gasteiger partial charge on any atom is -0.497 e. The van der Waals surface area contributed by atoms with Gasteiger partial charge in [0.1, 0.15) is 18.0 Å². The fraction of sp³-hybridized carbons (Fsp3) is 0.581. The molecule has 222 valence electrons. The third-order valence-corrected chi connectivity index (χ3v) is 10.7. The van der Waals surface area contributed by atoms with Crippen LogP contribution in [0.4, 0.5) is 4.79 Å². The van der Waals surface area contributed by atoms with E-state index in [0.29, 0.717) is 31.7 Å². The van der Waals surface area contributed by atoms with Gasteiger partial charge in [-0.05, 0) is 86.6 Å². The molecule has 0 spiro atoms. The van der Waals surface area contributed by atoms with Crippen molar-refractivity contribution in [1.82, 2.24) is 14.9 Å².